The zero-order valence-electron chi connectivity index (χ0n) is 10.4. The smallest absolute Gasteiger partial charge is 0.262 e. The molecule has 5 nitrogen and oxygen atoms in total. The third-order valence-corrected chi connectivity index (χ3v) is 3.06. The van der Waals surface area contributed by atoms with Crippen LogP contribution in [0.1, 0.15) is 25.5 Å². The number of ether oxygens (including phenoxy) is 1. The maximum absolute atomic E-state index is 11.2. The van der Waals surface area contributed by atoms with E-state index in [9.17, 15) is 4.79 Å². The first-order valence-corrected chi connectivity index (χ1v) is 5.67. The quantitative estimate of drug-likeness (QED) is 0.827. The van der Waals surface area contributed by atoms with E-state index in [0.717, 1.165) is 5.56 Å². The van der Waals surface area contributed by atoms with E-state index in [1.807, 2.05) is 6.07 Å². The monoisotopic (exact) mass is 245 g/mol. The van der Waals surface area contributed by atoms with E-state index in [-0.39, 0.29) is 12.5 Å². The van der Waals surface area contributed by atoms with Gasteiger partial charge in [0.25, 0.3) is 5.91 Å². The minimum atomic E-state index is -0.673. The minimum Gasteiger partial charge on any atom is -0.482 e. The lowest BCUT2D eigenvalue weighted by Gasteiger charge is -2.26. The second kappa shape index (κ2) is 4.31. The van der Waals surface area contributed by atoms with Gasteiger partial charge in [-0.25, -0.2) is 0 Å². The van der Waals surface area contributed by atoms with Crippen molar-refractivity contribution in [2.45, 2.75) is 19.9 Å². The highest BCUT2D eigenvalue weighted by Crippen LogP contribution is 2.35. The van der Waals surface area contributed by atoms with E-state index >= 15 is 0 Å². The Bertz CT molecular complexity index is 532. The molecule has 5 heteroatoms. The first kappa shape index (κ1) is 12.4. The van der Waals surface area contributed by atoms with Crippen LogP contribution < -0.4 is 15.8 Å². The molecule has 1 aliphatic heterocycles. The summed E-state index contributed by atoms with van der Waals surface area (Å²) in [4.78, 5) is 11.2. The highest BCUT2D eigenvalue weighted by Gasteiger charge is 2.28. The van der Waals surface area contributed by atoms with E-state index in [1.54, 1.807) is 26.0 Å². The molecular formula is C13H15N3O2. The van der Waals surface area contributed by atoms with E-state index in [4.69, 9.17) is 15.7 Å². The normalized spacial score (nSPS) is 16.0. The van der Waals surface area contributed by atoms with E-state index < -0.39 is 11.5 Å². The van der Waals surface area contributed by atoms with Crippen molar-refractivity contribution in [1.82, 2.24) is 0 Å². The SMILES string of the molecule is CC(C)(C#N)C(N)c1ccc2c(c1)NC(=O)CO2. The summed E-state index contributed by atoms with van der Waals surface area (Å²) in [6, 6.07) is 7.10. The average Bonchev–Trinajstić information content (AvgIpc) is 2.36. The van der Waals surface area contributed by atoms with Crippen molar-refractivity contribution in [3.8, 4) is 11.8 Å². The summed E-state index contributed by atoms with van der Waals surface area (Å²) in [5.74, 6) is 0.438. The summed E-state index contributed by atoms with van der Waals surface area (Å²) in [5, 5.41) is 11.8. The van der Waals surface area contributed by atoms with Gasteiger partial charge in [-0.1, -0.05) is 6.07 Å². The topological polar surface area (TPSA) is 88.1 Å². The van der Waals surface area contributed by atoms with Crippen molar-refractivity contribution < 1.29 is 9.53 Å². The number of anilines is 1. The molecule has 3 N–H and O–H groups in total. The highest BCUT2D eigenvalue weighted by molar-refractivity contribution is 5.95. The lowest BCUT2D eigenvalue weighted by atomic mass is 9.82. The number of rotatable bonds is 2. The summed E-state index contributed by atoms with van der Waals surface area (Å²) in [7, 11) is 0. The van der Waals surface area contributed by atoms with Crippen LogP contribution >= 0.6 is 0 Å². The molecule has 1 amide bonds. The molecule has 1 atom stereocenters. The number of hydrogen-bond acceptors (Lipinski definition) is 4. The number of benzene rings is 1. The van der Waals surface area contributed by atoms with Crippen molar-refractivity contribution in [1.29, 1.82) is 5.26 Å². The summed E-state index contributed by atoms with van der Waals surface area (Å²) in [6.07, 6.45) is 0. The van der Waals surface area contributed by atoms with Crippen molar-refractivity contribution in [3.63, 3.8) is 0 Å². The summed E-state index contributed by atoms with van der Waals surface area (Å²) >= 11 is 0. The van der Waals surface area contributed by atoms with Crippen molar-refractivity contribution in [2.24, 2.45) is 11.1 Å². The lowest BCUT2D eigenvalue weighted by molar-refractivity contribution is -0.118. The van der Waals surface area contributed by atoms with Gasteiger partial charge in [0.15, 0.2) is 6.61 Å². The van der Waals surface area contributed by atoms with E-state index in [2.05, 4.69) is 11.4 Å². The van der Waals surface area contributed by atoms with Gasteiger partial charge in [0.05, 0.1) is 17.2 Å². The van der Waals surface area contributed by atoms with Crippen LogP contribution in [0.2, 0.25) is 0 Å². The third-order valence-electron chi connectivity index (χ3n) is 3.06. The molecule has 94 valence electrons. The van der Waals surface area contributed by atoms with Crippen LogP contribution in [0.3, 0.4) is 0 Å². The fourth-order valence-corrected chi connectivity index (χ4v) is 1.78. The summed E-state index contributed by atoms with van der Waals surface area (Å²) < 4.78 is 5.26. The van der Waals surface area contributed by atoms with E-state index in [1.165, 1.54) is 0 Å². The molecule has 0 aliphatic carbocycles. The van der Waals surface area contributed by atoms with Crippen molar-refractivity contribution in [3.05, 3.63) is 23.8 Å². The van der Waals surface area contributed by atoms with Gasteiger partial charge in [-0.15, -0.1) is 0 Å². The van der Waals surface area contributed by atoms with Gasteiger partial charge in [-0.2, -0.15) is 5.26 Å². The second-order valence-electron chi connectivity index (χ2n) is 4.90. The number of hydrogen-bond donors (Lipinski definition) is 2. The summed E-state index contributed by atoms with van der Waals surface area (Å²) in [5.41, 5.74) is 6.80. The van der Waals surface area contributed by atoms with Crippen LogP contribution in [-0.2, 0) is 4.79 Å². The second-order valence-corrected chi connectivity index (χ2v) is 4.90. The fraction of sp³-hybridized carbons (Fsp3) is 0.385. The molecule has 0 saturated heterocycles. The Morgan fingerprint density at radius 2 is 2.28 bits per heavy atom. The van der Waals surface area contributed by atoms with Gasteiger partial charge >= 0.3 is 0 Å². The van der Waals surface area contributed by atoms with Gasteiger partial charge in [0.1, 0.15) is 5.75 Å². The zero-order valence-corrected chi connectivity index (χ0v) is 10.4. The number of carbonyl (C=O) groups excluding carboxylic acids is 1. The van der Waals surface area contributed by atoms with Crippen LogP contribution in [0.5, 0.6) is 5.75 Å². The number of amides is 1. The molecule has 0 aromatic heterocycles. The lowest BCUT2D eigenvalue weighted by Crippen LogP contribution is -2.29. The first-order chi connectivity index (χ1) is 8.44. The van der Waals surface area contributed by atoms with Crippen LogP contribution in [0.15, 0.2) is 18.2 Å². The predicted molar refractivity (Wildman–Crippen MR) is 66.9 cm³/mol. The number of nitrogens with zero attached hydrogens (tertiary/aromatic N) is 1. The molecule has 0 radical (unpaired) electrons. The summed E-state index contributed by atoms with van der Waals surface area (Å²) in [6.45, 7) is 3.60. The molecule has 1 unspecified atom stereocenters. The van der Waals surface area contributed by atoms with Gasteiger partial charge in [0.2, 0.25) is 0 Å². The Morgan fingerprint density at radius 3 is 2.94 bits per heavy atom. The Balaban J connectivity index is 2.35. The van der Waals surface area contributed by atoms with Gasteiger partial charge in [-0.3, -0.25) is 4.79 Å². The van der Waals surface area contributed by atoms with Crippen LogP contribution in [0, 0.1) is 16.7 Å². The number of nitriles is 1. The number of nitrogens with two attached hydrogens (primary N) is 1. The molecule has 18 heavy (non-hydrogen) atoms. The molecule has 1 aromatic rings. The standard InChI is InChI=1S/C13H15N3O2/c1-13(2,7-14)12(15)8-3-4-10-9(5-8)16-11(17)6-18-10/h3-5,12H,6,15H2,1-2H3,(H,16,17). The molecule has 0 saturated carbocycles. The van der Waals surface area contributed by atoms with E-state index in [0.29, 0.717) is 11.4 Å². The molecule has 1 aliphatic rings. The van der Waals surface area contributed by atoms with Crippen LogP contribution in [-0.4, -0.2) is 12.5 Å². The van der Waals surface area contributed by atoms with Crippen molar-refractivity contribution >= 4 is 11.6 Å². The van der Waals surface area contributed by atoms with Gasteiger partial charge in [0, 0.05) is 6.04 Å². The molecular weight excluding hydrogens is 230 g/mol. The number of carbonyl (C=O) groups is 1. The number of nitrogens with one attached hydrogen (secondary N) is 1. The minimum absolute atomic E-state index is 0.0299. The number of fused-ring (bicyclic) bond motifs is 1. The Hall–Kier alpha value is -2.06. The molecule has 0 spiro atoms. The molecule has 1 heterocycles. The average molecular weight is 245 g/mol. The van der Waals surface area contributed by atoms with Crippen LogP contribution in [0.25, 0.3) is 0 Å². The Morgan fingerprint density at radius 1 is 1.56 bits per heavy atom. The zero-order chi connectivity index (χ0) is 13.3. The van der Waals surface area contributed by atoms with Gasteiger partial charge < -0.3 is 15.8 Å². The molecule has 0 fully saturated rings. The maximum Gasteiger partial charge on any atom is 0.262 e. The first-order valence-electron chi connectivity index (χ1n) is 5.67. The molecule has 2 rings (SSSR count). The maximum atomic E-state index is 11.2. The molecule has 0 bridgehead atoms. The predicted octanol–water partition coefficient (Wildman–Crippen LogP) is 1.57. The highest BCUT2D eigenvalue weighted by atomic mass is 16.5. The van der Waals surface area contributed by atoms with Crippen molar-refractivity contribution in [2.75, 3.05) is 11.9 Å². The Kier molecular flexibility index (Phi) is 2.97. The van der Waals surface area contributed by atoms with Gasteiger partial charge in [-0.05, 0) is 31.5 Å². The Labute approximate surface area is 106 Å². The third kappa shape index (κ3) is 2.15. The van der Waals surface area contributed by atoms with Crippen LogP contribution in [0.4, 0.5) is 5.69 Å². The molecule has 1 aromatic carbocycles. The largest absolute Gasteiger partial charge is 0.482 e. The fourth-order valence-electron chi connectivity index (χ4n) is 1.78.